The van der Waals surface area contributed by atoms with Crippen LogP contribution in [-0.4, -0.2) is 66.5 Å². The van der Waals surface area contributed by atoms with Crippen LogP contribution in [0.2, 0.25) is 0 Å². The molecule has 0 saturated carbocycles. The third-order valence-corrected chi connectivity index (χ3v) is 6.04. The predicted octanol–water partition coefficient (Wildman–Crippen LogP) is 0.311. The number of ether oxygens (including phenoxy) is 2. The Hall–Kier alpha value is -2.87. The minimum atomic E-state index is -0.758. The van der Waals surface area contributed by atoms with Crippen LogP contribution in [-0.2, 0) is 25.7 Å². The molecule has 0 unspecified atom stereocenters. The minimum absolute atomic E-state index is 0.0821. The number of primary amides is 1. The van der Waals surface area contributed by atoms with E-state index in [9.17, 15) is 14.4 Å². The fraction of sp³-hybridized carbons (Fsp3) is 0.476. The third kappa shape index (κ3) is 3.27. The van der Waals surface area contributed by atoms with Gasteiger partial charge in [0.1, 0.15) is 11.4 Å². The summed E-state index contributed by atoms with van der Waals surface area (Å²) < 4.78 is 11.4. The monoisotopic (exact) mass is 399 g/mol. The average Bonchev–Trinajstić information content (AvgIpc) is 3.34. The highest BCUT2D eigenvalue weighted by atomic mass is 16.5. The van der Waals surface area contributed by atoms with Gasteiger partial charge in [0.05, 0.1) is 31.6 Å². The molecule has 29 heavy (non-hydrogen) atoms. The molecule has 2 fully saturated rings. The van der Waals surface area contributed by atoms with Crippen molar-refractivity contribution in [3.63, 3.8) is 0 Å². The summed E-state index contributed by atoms with van der Waals surface area (Å²) >= 11 is 0. The Morgan fingerprint density at radius 1 is 1.41 bits per heavy atom. The number of hydrogen-bond donors (Lipinski definition) is 1. The highest BCUT2D eigenvalue weighted by Crippen LogP contribution is 2.52. The topological polar surface area (TPSA) is 102 Å². The van der Waals surface area contributed by atoms with Gasteiger partial charge in [-0.25, -0.2) is 0 Å². The Bertz CT molecular complexity index is 885. The summed E-state index contributed by atoms with van der Waals surface area (Å²) in [6.07, 6.45) is 3.48. The van der Waals surface area contributed by atoms with Crippen molar-refractivity contribution in [2.24, 2.45) is 17.6 Å². The largest absolute Gasteiger partial charge is 0.497 e. The number of nitrogens with two attached hydrogens (primary N) is 1. The number of nitrogens with zero attached hydrogens (tertiary/aromatic N) is 2. The molecule has 1 spiro atoms. The first kappa shape index (κ1) is 19.4. The molecule has 154 valence electrons. The van der Waals surface area contributed by atoms with Crippen molar-refractivity contribution >= 4 is 17.7 Å². The first-order valence-electron chi connectivity index (χ1n) is 9.67. The molecule has 3 heterocycles. The van der Waals surface area contributed by atoms with E-state index in [1.165, 1.54) is 4.90 Å². The molecule has 4 atom stereocenters. The second kappa shape index (κ2) is 7.18. The van der Waals surface area contributed by atoms with Crippen LogP contribution in [0.3, 0.4) is 0 Å². The van der Waals surface area contributed by atoms with E-state index in [0.717, 1.165) is 11.3 Å². The van der Waals surface area contributed by atoms with Crippen molar-refractivity contribution in [1.29, 1.82) is 0 Å². The number of carbonyl (C=O) groups is 3. The van der Waals surface area contributed by atoms with Crippen LogP contribution in [0, 0.1) is 11.8 Å². The van der Waals surface area contributed by atoms with E-state index >= 15 is 0 Å². The Labute approximate surface area is 169 Å². The van der Waals surface area contributed by atoms with E-state index in [-0.39, 0.29) is 24.8 Å². The molecule has 3 amide bonds. The smallest absolute Gasteiger partial charge is 0.230 e. The Balaban J connectivity index is 1.53. The average molecular weight is 399 g/mol. The molecule has 2 N–H and O–H groups in total. The molecule has 0 aromatic heterocycles. The lowest BCUT2D eigenvalue weighted by Crippen LogP contribution is -2.45. The number of amides is 3. The van der Waals surface area contributed by atoms with Crippen LogP contribution in [0.4, 0.5) is 0 Å². The summed E-state index contributed by atoms with van der Waals surface area (Å²) in [6.45, 7) is 1.06. The highest BCUT2D eigenvalue weighted by molar-refractivity contribution is 5.93. The van der Waals surface area contributed by atoms with Gasteiger partial charge >= 0.3 is 0 Å². The molecule has 2 saturated heterocycles. The molecule has 0 aliphatic carbocycles. The summed E-state index contributed by atoms with van der Waals surface area (Å²) in [5, 5.41) is 0. The SMILES string of the molecule is COc1cccc(CN2C[C@]34C=C[C@H](O3)[C@@H](C(=O)N(C)CCC(N)=O)[C@H]4C2=O)c1. The fourth-order valence-corrected chi connectivity index (χ4v) is 4.63. The second-order valence-electron chi connectivity index (χ2n) is 7.92. The number of rotatable bonds is 7. The number of likely N-dealkylation sites (tertiary alicyclic amines) is 1. The summed E-state index contributed by atoms with van der Waals surface area (Å²) in [7, 11) is 3.23. The van der Waals surface area contributed by atoms with Gasteiger partial charge in [-0.3, -0.25) is 14.4 Å². The molecule has 3 aliphatic rings. The molecular formula is C21H25N3O5. The highest BCUT2D eigenvalue weighted by Gasteiger charge is 2.67. The van der Waals surface area contributed by atoms with E-state index < -0.39 is 29.4 Å². The lowest BCUT2D eigenvalue weighted by atomic mass is 9.76. The van der Waals surface area contributed by atoms with Crippen molar-refractivity contribution in [3.8, 4) is 5.75 Å². The van der Waals surface area contributed by atoms with Crippen LogP contribution in [0.25, 0.3) is 0 Å². The normalized spacial score (nSPS) is 29.2. The van der Waals surface area contributed by atoms with E-state index in [1.54, 1.807) is 19.1 Å². The van der Waals surface area contributed by atoms with Crippen LogP contribution >= 0.6 is 0 Å². The van der Waals surface area contributed by atoms with E-state index in [2.05, 4.69) is 0 Å². The zero-order chi connectivity index (χ0) is 20.8. The maximum absolute atomic E-state index is 13.3. The molecular weight excluding hydrogens is 374 g/mol. The van der Waals surface area contributed by atoms with E-state index in [4.69, 9.17) is 15.2 Å². The lowest BCUT2D eigenvalue weighted by molar-refractivity contribution is -0.142. The van der Waals surface area contributed by atoms with Crippen LogP contribution in [0.1, 0.15) is 12.0 Å². The zero-order valence-electron chi connectivity index (χ0n) is 16.5. The van der Waals surface area contributed by atoms with Gasteiger partial charge in [-0.15, -0.1) is 0 Å². The van der Waals surface area contributed by atoms with Crippen molar-refractivity contribution in [3.05, 3.63) is 42.0 Å². The summed E-state index contributed by atoms with van der Waals surface area (Å²) in [5.41, 5.74) is 5.39. The molecule has 8 nitrogen and oxygen atoms in total. The Kier molecular flexibility index (Phi) is 4.82. The zero-order valence-corrected chi connectivity index (χ0v) is 16.5. The molecule has 2 bridgehead atoms. The Morgan fingerprint density at radius 2 is 2.21 bits per heavy atom. The van der Waals surface area contributed by atoms with Crippen molar-refractivity contribution in [2.45, 2.75) is 24.7 Å². The van der Waals surface area contributed by atoms with Gasteiger partial charge in [0.15, 0.2) is 0 Å². The van der Waals surface area contributed by atoms with Crippen molar-refractivity contribution < 1.29 is 23.9 Å². The number of fused-ring (bicyclic) bond motifs is 1. The molecule has 0 radical (unpaired) electrons. The molecule has 4 rings (SSSR count). The van der Waals surface area contributed by atoms with Gasteiger partial charge in [-0.05, 0) is 17.7 Å². The van der Waals surface area contributed by atoms with Gasteiger partial charge < -0.3 is 25.0 Å². The van der Waals surface area contributed by atoms with E-state index in [1.807, 2.05) is 36.4 Å². The molecule has 8 heteroatoms. The van der Waals surface area contributed by atoms with Crippen LogP contribution < -0.4 is 10.5 Å². The summed E-state index contributed by atoms with van der Waals surface area (Å²) in [4.78, 5) is 40.6. The molecule has 1 aromatic carbocycles. The minimum Gasteiger partial charge on any atom is -0.497 e. The Morgan fingerprint density at radius 3 is 2.93 bits per heavy atom. The fourth-order valence-electron chi connectivity index (χ4n) is 4.63. The first-order chi connectivity index (χ1) is 13.8. The van der Waals surface area contributed by atoms with Gasteiger partial charge in [-0.1, -0.05) is 24.3 Å². The van der Waals surface area contributed by atoms with Gasteiger partial charge in [0.25, 0.3) is 0 Å². The number of methoxy groups -OCH3 is 1. The van der Waals surface area contributed by atoms with Gasteiger partial charge in [0.2, 0.25) is 17.7 Å². The lowest BCUT2D eigenvalue weighted by Gasteiger charge is -2.27. The van der Waals surface area contributed by atoms with E-state index in [0.29, 0.717) is 13.1 Å². The quantitative estimate of drug-likeness (QED) is 0.665. The van der Waals surface area contributed by atoms with Crippen LogP contribution in [0.15, 0.2) is 36.4 Å². The number of hydrogen-bond acceptors (Lipinski definition) is 5. The molecule has 1 aromatic rings. The van der Waals surface area contributed by atoms with Gasteiger partial charge in [-0.2, -0.15) is 0 Å². The summed E-state index contributed by atoms with van der Waals surface area (Å²) in [5.74, 6) is -1.14. The maximum atomic E-state index is 13.3. The third-order valence-electron chi connectivity index (χ3n) is 6.04. The second-order valence-corrected chi connectivity index (χ2v) is 7.92. The van der Waals surface area contributed by atoms with Gasteiger partial charge in [0, 0.05) is 26.6 Å². The maximum Gasteiger partial charge on any atom is 0.230 e. The standard InChI is InChI=1S/C21H25N3O5/c1-23(9-7-16(22)25)19(26)17-15-6-8-21(29-15)12-24(20(27)18(17)21)11-13-4-3-5-14(10-13)28-2/h3-6,8,10,15,17-18H,7,9,11-12H2,1-2H3,(H2,22,25)/t15-,17+,18-,21-/m0/s1. The molecule has 3 aliphatic heterocycles. The number of benzene rings is 1. The van der Waals surface area contributed by atoms with Crippen molar-refractivity contribution in [1.82, 2.24) is 9.80 Å². The number of carbonyl (C=O) groups excluding carboxylic acids is 3. The van der Waals surface area contributed by atoms with Crippen LogP contribution in [0.5, 0.6) is 5.75 Å². The van der Waals surface area contributed by atoms with Crippen molar-refractivity contribution in [2.75, 3.05) is 27.2 Å². The summed E-state index contributed by atoms with van der Waals surface area (Å²) in [6, 6.07) is 7.58. The first-order valence-corrected chi connectivity index (χ1v) is 9.67. The predicted molar refractivity (Wildman–Crippen MR) is 104 cm³/mol.